The number of benzene rings is 1. The summed E-state index contributed by atoms with van der Waals surface area (Å²) in [6.07, 6.45) is 1.58. The molecule has 0 bridgehead atoms. The van der Waals surface area contributed by atoms with Crippen molar-refractivity contribution in [2.24, 2.45) is 5.10 Å². The number of hydrazone groups is 1. The van der Waals surface area contributed by atoms with Gasteiger partial charge in [-0.2, -0.15) is 5.10 Å². The van der Waals surface area contributed by atoms with E-state index < -0.39 is 5.97 Å². The zero-order chi connectivity index (χ0) is 14.5. The van der Waals surface area contributed by atoms with Gasteiger partial charge in [-0.1, -0.05) is 23.7 Å². The summed E-state index contributed by atoms with van der Waals surface area (Å²) in [6.45, 7) is 0. The highest BCUT2D eigenvalue weighted by Crippen LogP contribution is 2.13. The predicted octanol–water partition coefficient (Wildman–Crippen LogP) is 3.40. The van der Waals surface area contributed by atoms with Crippen molar-refractivity contribution in [1.29, 1.82) is 0 Å². The van der Waals surface area contributed by atoms with Crippen molar-refractivity contribution in [3.63, 3.8) is 0 Å². The number of hydrogen-bond donors (Lipinski definition) is 2. The molecule has 0 radical (unpaired) electrons. The lowest BCUT2D eigenvalue weighted by Crippen LogP contribution is -2.16. The molecule has 7 heteroatoms. The zero-order valence-electron chi connectivity index (χ0n) is 10.0. The predicted molar refractivity (Wildman–Crippen MR) is 81.2 cm³/mol. The van der Waals surface area contributed by atoms with Gasteiger partial charge in [0.05, 0.1) is 0 Å². The first-order chi connectivity index (χ1) is 9.56. The van der Waals surface area contributed by atoms with Crippen LogP contribution in [0.2, 0.25) is 5.02 Å². The standard InChI is InChI=1S/C13H9BrClN3O2/c14-9-4-5-11(16-7-9)17-18-12(13(19)20)8-2-1-3-10(15)6-8/h1-7H,(H,16,17)(H,19,20)/b18-12+. The van der Waals surface area contributed by atoms with Crippen LogP contribution in [-0.4, -0.2) is 21.8 Å². The minimum atomic E-state index is -1.16. The molecule has 5 nitrogen and oxygen atoms in total. The molecule has 0 aliphatic heterocycles. The Balaban J connectivity index is 2.27. The summed E-state index contributed by atoms with van der Waals surface area (Å²) < 4.78 is 0.820. The van der Waals surface area contributed by atoms with E-state index in [1.165, 1.54) is 6.07 Å². The third kappa shape index (κ3) is 3.79. The van der Waals surface area contributed by atoms with E-state index in [4.69, 9.17) is 11.6 Å². The molecule has 1 aromatic carbocycles. The lowest BCUT2D eigenvalue weighted by atomic mass is 10.1. The second-order valence-electron chi connectivity index (χ2n) is 3.75. The largest absolute Gasteiger partial charge is 0.476 e. The quantitative estimate of drug-likeness (QED) is 0.652. The van der Waals surface area contributed by atoms with Crippen LogP contribution in [0.3, 0.4) is 0 Å². The van der Waals surface area contributed by atoms with Gasteiger partial charge in [-0.3, -0.25) is 5.43 Å². The highest BCUT2D eigenvalue weighted by atomic mass is 79.9. The number of pyridine rings is 1. The summed E-state index contributed by atoms with van der Waals surface area (Å²) in [5.74, 6) is -0.717. The molecule has 2 rings (SSSR count). The molecule has 2 N–H and O–H groups in total. The van der Waals surface area contributed by atoms with E-state index >= 15 is 0 Å². The molecule has 0 aliphatic rings. The van der Waals surface area contributed by atoms with Crippen LogP contribution in [0.1, 0.15) is 5.56 Å². The molecule has 0 amide bonds. The van der Waals surface area contributed by atoms with Gasteiger partial charge < -0.3 is 5.11 Å². The Morgan fingerprint density at radius 2 is 2.15 bits per heavy atom. The van der Waals surface area contributed by atoms with Crippen molar-refractivity contribution in [3.8, 4) is 0 Å². The summed E-state index contributed by atoms with van der Waals surface area (Å²) in [5.41, 5.74) is 2.87. The van der Waals surface area contributed by atoms with Crippen molar-refractivity contribution in [3.05, 3.63) is 57.7 Å². The Morgan fingerprint density at radius 1 is 1.35 bits per heavy atom. The second-order valence-corrected chi connectivity index (χ2v) is 5.10. The molecule has 102 valence electrons. The maximum Gasteiger partial charge on any atom is 0.356 e. The van der Waals surface area contributed by atoms with E-state index in [9.17, 15) is 9.90 Å². The van der Waals surface area contributed by atoms with Gasteiger partial charge >= 0.3 is 5.97 Å². The third-order valence-electron chi connectivity index (χ3n) is 2.31. The first-order valence-corrected chi connectivity index (χ1v) is 6.68. The highest BCUT2D eigenvalue weighted by Gasteiger charge is 2.13. The number of aliphatic carboxylic acids is 1. The number of nitrogens with zero attached hydrogens (tertiary/aromatic N) is 2. The van der Waals surface area contributed by atoms with Crippen LogP contribution in [0.25, 0.3) is 0 Å². The van der Waals surface area contributed by atoms with E-state index in [0.29, 0.717) is 16.4 Å². The maximum atomic E-state index is 11.2. The number of rotatable bonds is 4. The van der Waals surface area contributed by atoms with Crippen LogP contribution in [0.4, 0.5) is 5.82 Å². The number of hydrogen-bond acceptors (Lipinski definition) is 4. The molecule has 0 atom stereocenters. The molecule has 0 aliphatic carbocycles. The van der Waals surface area contributed by atoms with Gasteiger partial charge in [-0.25, -0.2) is 9.78 Å². The molecule has 0 fully saturated rings. The smallest absolute Gasteiger partial charge is 0.356 e. The minimum Gasteiger partial charge on any atom is -0.476 e. The van der Waals surface area contributed by atoms with E-state index in [0.717, 1.165) is 4.47 Å². The number of nitrogens with one attached hydrogen (secondary N) is 1. The molecule has 0 spiro atoms. The third-order valence-corrected chi connectivity index (χ3v) is 3.01. The van der Waals surface area contributed by atoms with Gasteiger partial charge in [0.25, 0.3) is 0 Å². The van der Waals surface area contributed by atoms with Gasteiger partial charge in [-0.15, -0.1) is 0 Å². The van der Waals surface area contributed by atoms with Crippen LogP contribution < -0.4 is 5.43 Å². The molecule has 1 heterocycles. The Kier molecular flexibility index (Phi) is 4.70. The molecular formula is C13H9BrClN3O2. The summed E-state index contributed by atoms with van der Waals surface area (Å²) in [6, 6.07) is 9.92. The van der Waals surface area contributed by atoms with E-state index in [2.05, 4.69) is 31.4 Å². The lowest BCUT2D eigenvalue weighted by molar-refractivity contribution is -0.129. The number of carbonyl (C=O) groups is 1. The molecule has 20 heavy (non-hydrogen) atoms. The number of halogens is 2. The molecule has 1 aromatic heterocycles. The van der Waals surface area contributed by atoms with Gasteiger partial charge in [0.2, 0.25) is 0 Å². The number of anilines is 1. The second kappa shape index (κ2) is 6.49. The Labute approximate surface area is 128 Å². The minimum absolute atomic E-state index is 0.141. The van der Waals surface area contributed by atoms with E-state index in [-0.39, 0.29) is 5.71 Å². The van der Waals surface area contributed by atoms with E-state index in [1.807, 2.05) is 0 Å². The van der Waals surface area contributed by atoms with Gasteiger partial charge in [0, 0.05) is 21.3 Å². The van der Waals surface area contributed by atoms with Gasteiger partial charge in [0.1, 0.15) is 5.82 Å². The van der Waals surface area contributed by atoms with Crippen molar-refractivity contribution in [1.82, 2.24) is 4.98 Å². The van der Waals surface area contributed by atoms with Crippen LogP contribution >= 0.6 is 27.5 Å². The zero-order valence-corrected chi connectivity index (χ0v) is 12.4. The van der Waals surface area contributed by atoms with Crippen LogP contribution in [0, 0.1) is 0 Å². The molecule has 0 saturated carbocycles. The highest BCUT2D eigenvalue weighted by molar-refractivity contribution is 9.10. The SMILES string of the molecule is O=C(O)/C(=N/Nc1ccc(Br)cn1)c1cccc(Cl)c1. The fraction of sp³-hybridized carbons (Fsp3) is 0. The first-order valence-electron chi connectivity index (χ1n) is 5.51. The van der Waals surface area contributed by atoms with Crippen LogP contribution in [0.5, 0.6) is 0 Å². The molecule has 0 saturated heterocycles. The Bertz CT molecular complexity index is 659. The van der Waals surface area contributed by atoms with Gasteiger partial charge in [-0.05, 0) is 40.2 Å². The number of carboxylic acids is 1. The summed E-state index contributed by atoms with van der Waals surface area (Å²) in [5, 5.41) is 13.5. The van der Waals surface area contributed by atoms with Crippen molar-refractivity contribution in [2.45, 2.75) is 0 Å². The topological polar surface area (TPSA) is 74.6 Å². The lowest BCUT2D eigenvalue weighted by Gasteiger charge is -2.04. The normalized spacial score (nSPS) is 11.2. The summed E-state index contributed by atoms with van der Waals surface area (Å²) in [4.78, 5) is 15.3. The number of aromatic nitrogens is 1. The van der Waals surface area contributed by atoms with Crippen molar-refractivity contribution < 1.29 is 9.90 Å². The fourth-order valence-corrected chi connectivity index (χ4v) is 1.85. The average Bonchev–Trinajstić information content (AvgIpc) is 2.41. The summed E-state index contributed by atoms with van der Waals surface area (Å²) >= 11 is 9.10. The summed E-state index contributed by atoms with van der Waals surface area (Å²) in [7, 11) is 0. The molecular weight excluding hydrogens is 346 g/mol. The maximum absolute atomic E-state index is 11.2. The van der Waals surface area contributed by atoms with Crippen molar-refractivity contribution in [2.75, 3.05) is 5.43 Å². The van der Waals surface area contributed by atoms with Crippen molar-refractivity contribution >= 4 is 45.0 Å². The number of carboxylic acid groups (broad SMARTS) is 1. The van der Waals surface area contributed by atoms with Crippen LogP contribution in [0.15, 0.2) is 52.2 Å². The Morgan fingerprint density at radius 3 is 2.75 bits per heavy atom. The monoisotopic (exact) mass is 353 g/mol. The Hall–Kier alpha value is -1.92. The first kappa shape index (κ1) is 14.5. The molecule has 0 unspecified atom stereocenters. The van der Waals surface area contributed by atoms with Crippen LogP contribution in [-0.2, 0) is 4.79 Å². The fourth-order valence-electron chi connectivity index (χ4n) is 1.43. The molecule has 2 aromatic rings. The van der Waals surface area contributed by atoms with E-state index in [1.54, 1.807) is 36.5 Å². The average molecular weight is 355 g/mol. The van der Waals surface area contributed by atoms with Gasteiger partial charge in [0.15, 0.2) is 5.71 Å².